The summed E-state index contributed by atoms with van der Waals surface area (Å²) < 4.78 is 2.12. The van der Waals surface area contributed by atoms with E-state index in [1.54, 1.807) is 12.1 Å². The Labute approximate surface area is 153 Å². The number of nitro benzene ring substituents is 1. The second-order valence-electron chi connectivity index (χ2n) is 6.41. The van der Waals surface area contributed by atoms with Crippen LogP contribution in [0.25, 0.3) is 33.1 Å². The smallest absolute Gasteiger partial charge is 0.269 e. The highest BCUT2D eigenvalue weighted by atomic mass is 16.6. The fraction of sp³-hybridized carbons (Fsp3) is 0.0476. The number of aromatic nitrogens is 3. The molecule has 130 valence electrons. The van der Waals surface area contributed by atoms with Gasteiger partial charge in [0.25, 0.3) is 5.69 Å². The molecule has 0 aliphatic heterocycles. The van der Waals surface area contributed by atoms with Crippen molar-refractivity contribution < 1.29 is 4.92 Å². The summed E-state index contributed by atoms with van der Waals surface area (Å²) in [6, 6.07) is 22.5. The van der Waals surface area contributed by atoms with E-state index in [1.165, 1.54) is 12.1 Å². The molecule has 2 heterocycles. The van der Waals surface area contributed by atoms with Gasteiger partial charge in [-0.15, -0.1) is 0 Å². The van der Waals surface area contributed by atoms with E-state index in [0.29, 0.717) is 6.54 Å². The van der Waals surface area contributed by atoms with Gasteiger partial charge in [-0.1, -0.05) is 42.5 Å². The van der Waals surface area contributed by atoms with E-state index in [2.05, 4.69) is 10.6 Å². The van der Waals surface area contributed by atoms with Crippen molar-refractivity contribution in [3.05, 3.63) is 88.5 Å². The molecule has 5 aromatic rings. The van der Waals surface area contributed by atoms with E-state index in [9.17, 15) is 10.1 Å². The number of hydrogen-bond donors (Lipinski definition) is 0. The van der Waals surface area contributed by atoms with Crippen LogP contribution in [0.1, 0.15) is 5.56 Å². The highest BCUT2D eigenvalue weighted by Crippen LogP contribution is 2.29. The molecule has 0 bridgehead atoms. The van der Waals surface area contributed by atoms with E-state index < -0.39 is 0 Å². The summed E-state index contributed by atoms with van der Waals surface area (Å²) in [5, 5.41) is 11.9. The van der Waals surface area contributed by atoms with Crippen LogP contribution in [0.2, 0.25) is 0 Å². The lowest BCUT2D eigenvalue weighted by atomic mass is 10.2. The van der Waals surface area contributed by atoms with Gasteiger partial charge < -0.3 is 4.57 Å². The minimum absolute atomic E-state index is 0.0896. The first-order valence-electron chi connectivity index (χ1n) is 8.58. The van der Waals surface area contributed by atoms with Crippen molar-refractivity contribution >= 4 is 38.8 Å². The van der Waals surface area contributed by atoms with Gasteiger partial charge in [-0.25, -0.2) is 9.97 Å². The Morgan fingerprint density at radius 3 is 2.26 bits per heavy atom. The third-order valence-corrected chi connectivity index (χ3v) is 4.75. The topological polar surface area (TPSA) is 73.8 Å². The van der Waals surface area contributed by atoms with Gasteiger partial charge in [0.2, 0.25) is 0 Å². The van der Waals surface area contributed by atoms with Gasteiger partial charge in [-0.3, -0.25) is 10.1 Å². The first-order valence-corrected chi connectivity index (χ1v) is 8.58. The zero-order chi connectivity index (χ0) is 18.4. The molecule has 2 aromatic heterocycles. The average Bonchev–Trinajstić information content (AvgIpc) is 3.00. The minimum Gasteiger partial charge on any atom is -0.319 e. The Bertz CT molecular complexity index is 1320. The zero-order valence-electron chi connectivity index (χ0n) is 14.2. The van der Waals surface area contributed by atoms with E-state index in [-0.39, 0.29) is 10.6 Å². The first kappa shape index (κ1) is 15.5. The second kappa shape index (κ2) is 5.88. The number of nitro groups is 1. The van der Waals surface area contributed by atoms with Gasteiger partial charge in [0.1, 0.15) is 5.52 Å². The van der Waals surface area contributed by atoms with Crippen LogP contribution in [0.3, 0.4) is 0 Å². The number of nitrogens with zero attached hydrogens (tertiary/aromatic N) is 4. The monoisotopic (exact) mass is 354 g/mol. The molecule has 3 aromatic carbocycles. The van der Waals surface area contributed by atoms with Crippen LogP contribution in [-0.2, 0) is 6.54 Å². The number of para-hydroxylation sites is 3. The number of non-ortho nitro benzene ring substituents is 1. The van der Waals surface area contributed by atoms with E-state index >= 15 is 0 Å². The predicted molar refractivity (Wildman–Crippen MR) is 105 cm³/mol. The van der Waals surface area contributed by atoms with Crippen molar-refractivity contribution in [1.29, 1.82) is 0 Å². The third kappa shape index (κ3) is 2.50. The molecule has 0 radical (unpaired) electrons. The number of rotatable bonds is 3. The minimum atomic E-state index is -0.387. The molecule has 0 saturated heterocycles. The molecule has 0 aliphatic carbocycles. The number of benzene rings is 3. The summed E-state index contributed by atoms with van der Waals surface area (Å²) in [6.07, 6.45) is 0. The summed E-state index contributed by atoms with van der Waals surface area (Å²) in [5.74, 6) is 0. The Kier molecular flexibility index (Phi) is 3.36. The maximum absolute atomic E-state index is 10.9. The van der Waals surface area contributed by atoms with E-state index in [1.807, 2.05) is 42.5 Å². The lowest BCUT2D eigenvalue weighted by Gasteiger charge is -2.07. The van der Waals surface area contributed by atoms with Crippen molar-refractivity contribution in [2.45, 2.75) is 6.54 Å². The highest BCUT2D eigenvalue weighted by molar-refractivity contribution is 6.06. The van der Waals surface area contributed by atoms with Crippen LogP contribution < -0.4 is 0 Å². The van der Waals surface area contributed by atoms with Crippen LogP contribution in [0.15, 0.2) is 72.8 Å². The Morgan fingerprint density at radius 1 is 0.852 bits per heavy atom. The lowest BCUT2D eigenvalue weighted by Crippen LogP contribution is -2.01. The van der Waals surface area contributed by atoms with Gasteiger partial charge >= 0.3 is 0 Å². The largest absolute Gasteiger partial charge is 0.319 e. The summed E-state index contributed by atoms with van der Waals surface area (Å²) in [5.41, 5.74) is 5.49. The molecule has 0 amide bonds. The normalized spacial score (nSPS) is 11.4. The van der Waals surface area contributed by atoms with Crippen LogP contribution in [0.4, 0.5) is 5.69 Å². The van der Waals surface area contributed by atoms with Crippen LogP contribution in [0.5, 0.6) is 0 Å². The van der Waals surface area contributed by atoms with Gasteiger partial charge in [-0.2, -0.15) is 0 Å². The zero-order valence-corrected chi connectivity index (χ0v) is 14.2. The lowest BCUT2D eigenvalue weighted by molar-refractivity contribution is -0.384. The van der Waals surface area contributed by atoms with Crippen molar-refractivity contribution in [3.63, 3.8) is 0 Å². The van der Waals surface area contributed by atoms with E-state index in [4.69, 9.17) is 9.97 Å². The standard InChI is InChI=1S/C21H14N4O2/c26-25(27)15-11-9-14(10-12-15)13-24-19-8-4-1-5-16(19)20-21(24)23-18-7-3-2-6-17(18)22-20/h1-12H,13H2. The Balaban J connectivity index is 1.73. The van der Waals surface area contributed by atoms with E-state index in [0.717, 1.165) is 38.7 Å². The first-order chi connectivity index (χ1) is 13.2. The van der Waals surface area contributed by atoms with Gasteiger partial charge in [-0.05, 0) is 23.8 Å². The van der Waals surface area contributed by atoms with Crippen LogP contribution in [-0.4, -0.2) is 19.5 Å². The quantitative estimate of drug-likeness (QED) is 0.348. The molecule has 0 saturated carbocycles. The van der Waals surface area contributed by atoms with Crippen LogP contribution in [0, 0.1) is 10.1 Å². The average molecular weight is 354 g/mol. The Morgan fingerprint density at radius 2 is 1.52 bits per heavy atom. The van der Waals surface area contributed by atoms with Gasteiger partial charge in [0.15, 0.2) is 5.65 Å². The fourth-order valence-electron chi connectivity index (χ4n) is 3.45. The number of hydrogen-bond acceptors (Lipinski definition) is 4. The van der Waals surface area contributed by atoms with Gasteiger partial charge in [0.05, 0.1) is 21.5 Å². The number of fused-ring (bicyclic) bond motifs is 4. The molecule has 6 heteroatoms. The molecule has 0 N–H and O–H groups in total. The molecular formula is C21H14N4O2. The van der Waals surface area contributed by atoms with Crippen molar-refractivity contribution in [1.82, 2.24) is 14.5 Å². The van der Waals surface area contributed by atoms with Gasteiger partial charge in [0, 0.05) is 24.1 Å². The molecule has 0 fully saturated rings. The highest BCUT2D eigenvalue weighted by Gasteiger charge is 2.15. The maximum atomic E-state index is 10.9. The molecule has 5 rings (SSSR count). The molecular weight excluding hydrogens is 340 g/mol. The summed E-state index contributed by atoms with van der Waals surface area (Å²) in [6.45, 7) is 0.565. The van der Waals surface area contributed by atoms with Crippen molar-refractivity contribution in [2.75, 3.05) is 0 Å². The SMILES string of the molecule is O=[N+]([O-])c1ccc(Cn2c3ccccc3c3nc4ccccc4nc32)cc1. The molecule has 0 atom stereocenters. The van der Waals surface area contributed by atoms with Crippen molar-refractivity contribution in [2.24, 2.45) is 0 Å². The Hall–Kier alpha value is -3.80. The maximum Gasteiger partial charge on any atom is 0.269 e. The predicted octanol–water partition coefficient (Wildman–Crippen LogP) is 4.69. The summed E-state index contributed by atoms with van der Waals surface area (Å²) >= 11 is 0. The third-order valence-electron chi connectivity index (χ3n) is 4.75. The molecule has 6 nitrogen and oxygen atoms in total. The van der Waals surface area contributed by atoms with Crippen LogP contribution >= 0.6 is 0 Å². The fourth-order valence-corrected chi connectivity index (χ4v) is 3.45. The van der Waals surface area contributed by atoms with Crippen molar-refractivity contribution in [3.8, 4) is 0 Å². The summed E-state index contributed by atoms with van der Waals surface area (Å²) in [4.78, 5) is 20.2. The summed E-state index contributed by atoms with van der Waals surface area (Å²) in [7, 11) is 0. The molecule has 0 spiro atoms. The molecule has 0 unspecified atom stereocenters. The molecule has 27 heavy (non-hydrogen) atoms. The second-order valence-corrected chi connectivity index (χ2v) is 6.41. The molecule has 0 aliphatic rings.